The molecular weight excluding hydrogens is 267 g/mol. The lowest BCUT2D eigenvalue weighted by atomic mass is 10.0. The molecule has 0 amide bonds. The number of hydrogen-bond donors (Lipinski definition) is 0. The number of aromatic nitrogens is 2. The first-order valence-corrected chi connectivity index (χ1v) is 7.08. The van der Waals surface area contributed by atoms with Gasteiger partial charge in [-0.25, -0.2) is 9.97 Å². The van der Waals surface area contributed by atoms with Crippen molar-refractivity contribution in [3.05, 3.63) is 34.2 Å². The van der Waals surface area contributed by atoms with E-state index in [0.717, 1.165) is 17.3 Å². The van der Waals surface area contributed by atoms with Crippen molar-refractivity contribution < 1.29 is 0 Å². The number of aryl methyl sites for hydroxylation is 1. The molecule has 0 unspecified atom stereocenters. The van der Waals surface area contributed by atoms with Crippen LogP contribution in [0, 0.1) is 0 Å². The minimum absolute atomic E-state index is 0.204. The largest absolute Gasteiger partial charge is 0.224 e. The summed E-state index contributed by atoms with van der Waals surface area (Å²) in [6.07, 6.45) is 6.13. The summed E-state index contributed by atoms with van der Waals surface area (Å²) in [7, 11) is 0. The first-order valence-electron chi connectivity index (χ1n) is 6.32. The molecule has 4 heteroatoms. The van der Waals surface area contributed by atoms with E-state index in [1.807, 2.05) is 6.07 Å². The van der Waals surface area contributed by atoms with Crippen molar-refractivity contribution in [1.82, 2.24) is 9.97 Å². The molecule has 2 aromatic rings. The van der Waals surface area contributed by atoms with Gasteiger partial charge in [0.15, 0.2) is 0 Å². The number of unbranched alkanes of at least 4 members (excludes halogenated alkanes) is 3. The van der Waals surface area contributed by atoms with Crippen molar-refractivity contribution in [2.75, 3.05) is 0 Å². The van der Waals surface area contributed by atoms with Crippen molar-refractivity contribution in [2.45, 2.75) is 39.0 Å². The van der Waals surface area contributed by atoms with Crippen molar-refractivity contribution in [3.63, 3.8) is 0 Å². The van der Waals surface area contributed by atoms with Crippen LogP contribution in [0.3, 0.4) is 0 Å². The Morgan fingerprint density at radius 2 is 1.89 bits per heavy atom. The molecule has 2 nitrogen and oxygen atoms in total. The fourth-order valence-electron chi connectivity index (χ4n) is 2.02. The van der Waals surface area contributed by atoms with Crippen molar-refractivity contribution in [2.24, 2.45) is 0 Å². The molecule has 0 saturated carbocycles. The normalized spacial score (nSPS) is 11.1. The van der Waals surface area contributed by atoms with Crippen LogP contribution in [-0.2, 0) is 6.42 Å². The van der Waals surface area contributed by atoms with E-state index in [9.17, 15) is 0 Å². The summed E-state index contributed by atoms with van der Waals surface area (Å²) in [4.78, 5) is 8.15. The molecule has 96 valence electrons. The van der Waals surface area contributed by atoms with E-state index < -0.39 is 0 Å². The summed E-state index contributed by atoms with van der Waals surface area (Å²) in [6, 6.07) is 6.13. The van der Waals surface area contributed by atoms with Gasteiger partial charge in [0, 0.05) is 5.39 Å². The van der Waals surface area contributed by atoms with Crippen LogP contribution in [0.15, 0.2) is 18.2 Å². The smallest absolute Gasteiger partial charge is 0.218 e. The van der Waals surface area contributed by atoms with Gasteiger partial charge >= 0.3 is 0 Å². The predicted octanol–water partition coefficient (Wildman–Crippen LogP) is 5.06. The van der Waals surface area contributed by atoms with E-state index in [-0.39, 0.29) is 5.28 Å². The minimum Gasteiger partial charge on any atom is -0.218 e. The Morgan fingerprint density at radius 1 is 1.06 bits per heavy atom. The van der Waals surface area contributed by atoms with E-state index >= 15 is 0 Å². The summed E-state index contributed by atoms with van der Waals surface area (Å²) in [6.45, 7) is 2.22. The molecule has 0 aliphatic heterocycles. The third-order valence-electron chi connectivity index (χ3n) is 3.01. The topological polar surface area (TPSA) is 25.8 Å². The lowest BCUT2D eigenvalue weighted by Gasteiger charge is -2.04. The van der Waals surface area contributed by atoms with E-state index in [2.05, 4.69) is 29.0 Å². The second kappa shape index (κ2) is 6.35. The molecule has 0 N–H and O–H groups in total. The van der Waals surface area contributed by atoms with E-state index in [1.54, 1.807) is 0 Å². The molecule has 2 rings (SSSR count). The molecule has 0 radical (unpaired) electrons. The van der Waals surface area contributed by atoms with Crippen molar-refractivity contribution >= 4 is 34.1 Å². The second-order valence-corrected chi connectivity index (χ2v) is 5.14. The second-order valence-electron chi connectivity index (χ2n) is 4.45. The van der Waals surface area contributed by atoms with E-state index in [4.69, 9.17) is 23.2 Å². The molecule has 0 saturated heterocycles. The first-order chi connectivity index (χ1) is 8.70. The van der Waals surface area contributed by atoms with Crippen LogP contribution in [0.2, 0.25) is 10.4 Å². The summed E-state index contributed by atoms with van der Waals surface area (Å²) in [5, 5.41) is 1.48. The highest BCUT2D eigenvalue weighted by atomic mass is 35.5. The molecule has 1 aromatic carbocycles. The Morgan fingerprint density at radius 3 is 2.67 bits per heavy atom. The van der Waals surface area contributed by atoms with Crippen LogP contribution in [0.5, 0.6) is 0 Å². The van der Waals surface area contributed by atoms with Gasteiger partial charge in [0.05, 0.1) is 5.52 Å². The zero-order chi connectivity index (χ0) is 13.0. The van der Waals surface area contributed by atoms with Crippen LogP contribution in [0.4, 0.5) is 0 Å². The maximum atomic E-state index is 6.02. The summed E-state index contributed by atoms with van der Waals surface area (Å²) < 4.78 is 0. The average molecular weight is 283 g/mol. The molecular formula is C14H16Cl2N2. The molecule has 0 aliphatic rings. The molecule has 0 bridgehead atoms. The fourth-order valence-corrected chi connectivity index (χ4v) is 2.48. The van der Waals surface area contributed by atoms with Gasteiger partial charge in [-0.1, -0.05) is 43.9 Å². The zero-order valence-electron chi connectivity index (χ0n) is 10.4. The lowest BCUT2D eigenvalue weighted by molar-refractivity contribution is 0.667. The molecule has 1 aromatic heterocycles. The number of hydrogen-bond acceptors (Lipinski definition) is 2. The predicted molar refractivity (Wildman–Crippen MR) is 77.4 cm³/mol. The Hall–Kier alpha value is -0.860. The monoisotopic (exact) mass is 282 g/mol. The third-order valence-corrected chi connectivity index (χ3v) is 3.46. The standard InChI is InChI=1S/C14H16Cl2N2/c1-2-3-4-5-6-10-7-8-11-12(9-10)17-14(16)18-13(11)15/h7-9H,2-6H2,1H3. The van der Waals surface area contributed by atoms with Gasteiger partial charge in [0.2, 0.25) is 5.28 Å². The summed E-state index contributed by atoms with van der Waals surface area (Å²) >= 11 is 11.8. The minimum atomic E-state index is 0.204. The molecule has 1 heterocycles. The van der Waals surface area contributed by atoms with Gasteiger partial charge in [0.1, 0.15) is 5.15 Å². The van der Waals surface area contributed by atoms with Crippen LogP contribution >= 0.6 is 23.2 Å². The molecule has 0 fully saturated rings. The highest BCUT2D eigenvalue weighted by Crippen LogP contribution is 2.23. The first kappa shape index (κ1) is 13.6. The maximum absolute atomic E-state index is 6.02. The molecule has 0 atom stereocenters. The molecule has 0 spiro atoms. The lowest BCUT2D eigenvalue weighted by Crippen LogP contribution is -1.90. The molecule has 18 heavy (non-hydrogen) atoms. The SMILES string of the molecule is CCCCCCc1ccc2c(Cl)nc(Cl)nc2c1. The van der Waals surface area contributed by atoms with E-state index in [0.29, 0.717) is 5.15 Å². The van der Waals surface area contributed by atoms with Gasteiger partial charge in [-0.15, -0.1) is 0 Å². The maximum Gasteiger partial charge on any atom is 0.224 e. The third kappa shape index (κ3) is 3.33. The number of nitrogens with zero attached hydrogens (tertiary/aromatic N) is 2. The number of halogens is 2. The Balaban J connectivity index is 2.16. The van der Waals surface area contributed by atoms with Crippen molar-refractivity contribution in [3.8, 4) is 0 Å². The van der Waals surface area contributed by atoms with Crippen molar-refractivity contribution in [1.29, 1.82) is 0 Å². The molecule has 0 aliphatic carbocycles. The number of rotatable bonds is 5. The highest BCUT2D eigenvalue weighted by molar-refractivity contribution is 6.35. The summed E-state index contributed by atoms with van der Waals surface area (Å²) in [5.41, 5.74) is 2.11. The van der Waals surface area contributed by atoms with Crippen LogP contribution in [-0.4, -0.2) is 9.97 Å². The quantitative estimate of drug-likeness (QED) is 0.435. The Bertz CT molecular complexity index is 541. The highest BCUT2D eigenvalue weighted by Gasteiger charge is 2.05. The van der Waals surface area contributed by atoms with E-state index in [1.165, 1.54) is 31.2 Å². The Labute approximate surface area is 117 Å². The summed E-state index contributed by atoms with van der Waals surface area (Å²) in [5.74, 6) is 0. The van der Waals surface area contributed by atoms with Gasteiger partial charge in [-0.2, -0.15) is 0 Å². The van der Waals surface area contributed by atoms with Crippen LogP contribution < -0.4 is 0 Å². The number of fused-ring (bicyclic) bond motifs is 1. The fraction of sp³-hybridized carbons (Fsp3) is 0.429. The van der Waals surface area contributed by atoms with Gasteiger partial charge in [-0.3, -0.25) is 0 Å². The zero-order valence-corrected chi connectivity index (χ0v) is 11.9. The van der Waals surface area contributed by atoms with Gasteiger partial charge in [0.25, 0.3) is 0 Å². The van der Waals surface area contributed by atoms with Gasteiger partial charge < -0.3 is 0 Å². The number of benzene rings is 1. The van der Waals surface area contributed by atoms with Crippen LogP contribution in [0.1, 0.15) is 38.2 Å². The average Bonchev–Trinajstić information content (AvgIpc) is 2.34. The van der Waals surface area contributed by atoms with Crippen LogP contribution in [0.25, 0.3) is 10.9 Å². The Kier molecular flexibility index (Phi) is 4.79. The van der Waals surface area contributed by atoms with Gasteiger partial charge in [-0.05, 0) is 42.1 Å².